The number of piperidine rings is 1. The highest BCUT2D eigenvalue weighted by Gasteiger charge is 2.25. The number of rotatable bonds is 4. The molecule has 25 heavy (non-hydrogen) atoms. The second-order valence-corrected chi connectivity index (χ2v) is 6.21. The number of nitrogens with one attached hydrogen (secondary N) is 1. The third kappa shape index (κ3) is 4.59. The lowest BCUT2D eigenvalue weighted by molar-refractivity contribution is -0.132. The fraction of sp³-hybridized carbons (Fsp3) is 0.300. The van der Waals surface area contributed by atoms with Crippen LogP contribution in [-0.2, 0) is 9.59 Å². The predicted molar refractivity (Wildman–Crippen MR) is 96.6 cm³/mol. The van der Waals surface area contributed by atoms with Crippen LogP contribution in [0, 0.1) is 5.92 Å². The maximum atomic E-state index is 12.4. The van der Waals surface area contributed by atoms with Crippen molar-refractivity contribution in [1.29, 1.82) is 0 Å². The van der Waals surface area contributed by atoms with Crippen molar-refractivity contribution in [2.24, 2.45) is 5.92 Å². The molecule has 2 aromatic rings. The summed E-state index contributed by atoms with van der Waals surface area (Å²) in [4.78, 5) is 25.5. The van der Waals surface area contributed by atoms with Crippen LogP contribution in [0.4, 0.5) is 5.69 Å². The van der Waals surface area contributed by atoms with Gasteiger partial charge in [-0.25, -0.2) is 0 Å². The Hall–Kier alpha value is -2.82. The van der Waals surface area contributed by atoms with E-state index in [-0.39, 0.29) is 17.7 Å². The zero-order valence-corrected chi connectivity index (χ0v) is 14.3. The minimum Gasteiger partial charge on any atom is -0.457 e. The highest BCUT2D eigenvalue weighted by molar-refractivity contribution is 5.92. The van der Waals surface area contributed by atoms with Crippen molar-refractivity contribution in [3.8, 4) is 11.5 Å². The van der Waals surface area contributed by atoms with Gasteiger partial charge < -0.3 is 15.0 Å². The van der Waals surface area contributed by atoms with Gasteiger partial charge >= 0.3 is 0 Å². The van der Waals surface area contributed by atoms with Crippen LogP contribution in [0.1, 0.15) is 19.8 Å². The van der Waals surface area contributed by atoms with E-state index in [2.05, 4.69) is 5.32 Å². The number of carbonyl (C=O) groups is 2. The number of hydrogen-bond acceptors (Lipinski definition) is 3. The van der Waals surface area contributed by atoms with Crippen molar-refractivity contribution < 1.29 is 14.3 Å². The van der Waals surface area contributed by atoms with Crippen molar-refractivity contribution >= 4 is 17.5 Å². The molecule has 1 aliphatic rings. The monoisotopic (exact) mass is 338 g/mol. The van der Waals surface area contributed by atoms with E-state index in [1.165, 1.54) is 0 Å². The molecule has 1 heterocycles. The molecular formula is C20H22N2O3. The number of amides is 2. The number of benzene rings is 2. The zero-order valence-electron chi connectivity index (χ0n) is 14.3. The number of ether oxygens (including phenoxy) is 1. The highest BCUT2D eigenvalue weighted by atomic mass is 16.5. The largest absolute Gasteiger partial charge is 0.457 e. The highest BCUT2D eigenvalue weighted by Crippen LogP contribution is 2.24. The van der Waals surface area contributed by atoms with Gasteiger partial charge in [0.2, 0.25) is 11.8 Å². The fourth-order valence-corrected chi connectivity index (χ4v) is 2.93. The van der Waals surface area contributed by atoms with Crippen LogP contribution >= 0.6 is 0 Å². The second-order valence-electron chi connectivity index (χ2n) is 6.21. The molecule has 3 rings (SSSR count). The lowest BCUT2D eigenvalue weighted by atomic mass is 9.96. The number of hydrogen-bond donors (Lipinski definition) is 1. The average Bonchev–Trinajstić information content (AvgIpc) is 2.64. The molecule has 0 spiro atoms. The van der Waals surface area contributed by atoms with Crippen LogP contribution in [0.25, 0.3) is 0 Å². The lowest BCUT2D eigenvalue weighted by Gasteiger charge is -2.30. The summed E-state index contributed by atoms with van der Waals surface area (Å²) >= 11 is 0. The number of anilines is 1. The number of carbonyl (C=O) groups excluding carboxylic acids is 2. The second kappa shape index (κ2) is 7.83. The molecule has 1 N–H and O–H groups in total. The molecule has 0 unspecified atom stereocenters. The number of nitrogens with zero attached hydrogens (tertiary/aromatic N) is 1. The molecule has 130 valence electrons. The smallest absolute Gasteiger partial charge is 0.227 e. The first kappa shape index (κ1) is 17.0. The Morgan fingerprint density at radius 1 is 0.960 bits per heavy atom. The van der Waals surface area contributed by atoms with E-state index in [0.717, 1.165) is 17.2 Å². The summed E-state index contributed by atoms with van der Waals surface area (Å²) in [6.45, 7) is 2.87. The van der Waals surface area contributed by atoms with Gasteiger partial charge in [-0.1, -0.05) is 18.2 Å². The molecule has 0 aliphatic carbocycles. The molecule has 0 aromatic heterocycles. The SMILES string of the molecule is CC(=O)N1CCC(C(=O)Nc2ccc(Oc3ccccc3)cc2)CC1. The normalized spacial score (nSPS) is 14.8. The molecule has 2 amide bonds. The Kier molecular flexibility index (Phi) is 5.33. The van der Waals surface area contributed by atoms with Gasteiger partial charge in [0, 0.05) is 31.6 Å². The summed E-state index contributed by atoms with van der Waals surface area (Å²) < 4.78 is 5.74. The van der Waals surface area contributed by atoms with Crippen LogP contribution in [0.3, 0.4) is 0 Å². The van der Waals surface area contributed by atoms with Crippen LogP contribution in [0.15, 0.2) is 54.6 Å². The molecule has 2 aromatic carbocycles. The van der Waals surface area contributed by atoms with Gasteiger partial charge in [0.15, 0.2) is 0 Å². The Bertz CT molecular complexity index is 720. The van der Waals surface area contributed by atoms with E-state index in [1.54, 1.807) is 11.8 Å². The van der Waals surface area contributed by atoms with Gasteiger partial charge in [-0.2, -0.15) is 0 Å². The van der Waals surface area contributed by atoms with E-state index in [1.807, 2.05) is 54.6 Å². The average molecular weight is 338 g/mol. The molecule has 1 fully saturated rings. The quantitative estimate of drug-likeness (QED) is 0.925. The maximum Gasteiger partial charge on any atom is 0.227 e. The Morgan fingerprint density at radius 3 is 2.16 bits per heavy atom. The molecule has 0 bridgehead atoms. The summed E-state index contributed by atoms with van der Waals surface area (Å²) in [7, 11) is 0. The molecule has 1 saturated heterocycles. The van der Waals surface area contributed by atoms with Gasteiger partial charge in [0.25, 0.3) is 0 Å². The third-order valence-electron chi connectivity index (χ3n) is 4.41. The van der Waals surface area contributed by atoms with E-state index >= 15 is 0 Å². The van der Waals surface area contributed by atoms with Gasteiger partial charge in [0.1, 0.15) is 11.5 Å². The van der Waals surface area contributed by atoms with Crippen LogP contribution < -0.4 is 10.1 Å². The summed E-state index contributed by atoms with van der Waals surface area (Å²) in [5.74, 6) is 1.54. The van der Waals surface area contributed by atoms with Crippen molar-refractivity contribution in [2.45, 2.75) is 19.8 Å². The summed E-state index contributed by atoms with van der Waals surface area (Å²) in [5.41, 5.74) is 0.749. The Morgan fingerprint density at radius 2 is 1.56 bits per heavy atom. The van der Waals surface area contributed by atoms with Gasteiger partial charge in [-0.3, -0.25) is 9.59 Å². The molecule has 5 heteroatoms. The molecule has 0 atom stereocenters. The van der Waals surface area contributed by atoms with Crippen LogP contribution in [-0.4, -0.2) is 29.8 Å². The topological polar surface area (TPSA) is 58.6 Å². The minimum atomic E-state index is -0.0455. The van der Waals surface area contributed by atoms with Gasteiger partial charge in [-0.05, 0) is 49.2 Å². The minimum absolute atomic E-state index is 0.0138. The molecule has 0 saturated carbocycles. The van der Waals surface area contributed by atoms with E-state index in [4.69, 9.17) is 4.74 Å². The van der Waals surface area contributed by atoms with Gasteiger partial charge in [-0.15, -0.1) is 0 Å². The zero-order chi connectivity index (χ0) is 17.6. The Balaban J connectivity index is 1.53. The first-order valence-electron chi connectivity index (χ1n) is 8.51. The number of para-hydroxylation sites is 1. The maximum absolute atomic E-state index is 12.4. The molecular weight excluding hydrogens is 316 g/mol. The summed E-state index contributed by atoms with van der Waals surface area (Å²) in [6.07, 6.45) is 1.42. The van der Waals surface area contributed by atoms with Crippen molar-refractivity contribution in [1.82, 2.24) is 4.90 Å². The van der Waals surface area contributed by atoms with Crippen molar-refractivity contribution in [3.63, 3.8) is 0 Å². The predicted octanol–water partition coefficient (Wildman–Crippen LogP) is 3.68. The number of likely N-dealkylation sites (tertiary alicyclic amines) is 1. The summed E-state index contributed by atoms with van der Waals surface area (Å²) in [6, 6.07) is 16.9. The molecule has 0 radical (unpaired) electrons. The van der Waals surface area contributed by atoms with Crippen molar-refractivity contribution in [3.05, 3.63) is 54.6 Å². The Labute approximate surface area is 147 Å². The van der Waals surface area contributed by atoms with E-state index in [0.29, 0.717) is 25.9 Å². The van der Waals surface area contributed by atoms with E-state index < -0.39 is 0 Å². The fourth-order valence-electron chi connectivity index (χ4n) is 2.93. The van der Waals surface area contributed by atoms with Crippen LogP contribution in [0.5, 0.6) is 11.5 Å². The van der Waals surface area contributed by atoms with E-state index in [9.17, 15) is 9.59 Å². The first-order valence-corrected chi connectivity index (χ1v) is 8.51. The van der Waals surface area contributed by atoms with Crippen molar-refractivity contribution in [2.75, 3.05) is 18.4 Å². The third-order valence-corrected chi connectivity index (χ3v) is 4.41. The van der Waals surface area contributed by atoms with Gasteiger partial charge in [0.05, 0.1) is 0 Å². The molecule has 1 aliphatic heterocycles. The standard InChI is InChI=1S/C20H22N2O3/c1-15(23)22-13-11-16(12-14-22)20(24)21-17-7-9-19(10-8-17)25-18-5-3-2-4-6-18/h2-10,16H,11-14H2,1H3,(H,21,24). The van der Waals surface area contributed by atoms with Crippen LogP contribution in [0.2, 0.25) is 0 Å². The summed E-state index contributed by atoms with van der Waals surface area (Å²) in [5, 5.41) is 2.95. The lowest BCUT2D eigenvalue weighted by Crippen LogP contribution is -2.40. The molecule has 5 nitrogen and oxygen atoms in total. The first-order chi connectivity index (χ1) is 12.1.